The Kier molecular flexibility index (Phi) is 6.16. The van der Waals surface area contributed by atoms with Crippen LogP contribution in [0.3, 0.4) is 0 Å². The zero-order chi connectivity index (χ0) is 21.1. The van der Waals surface area contributed by atoms with Crippen LogP contribution in [0.15, 0.2) is 47.4 Å². The van der Waals surface area contributed by atoms with Crippen LogP contribution in [0, 0.1) is 0 Å². The second kappa shape index (κ2) is 8.83. The van der Waals surface area contributed by atoms with Crippen molar-refractivity contribution < 1.29 is 31.6 Å². The number of rotatable bonds is 6. The Hall–Kier alpha value is -2.30. The Labute approximate surface area is 174 Å². The van der Waals surface area contributed by atoms with E-state index in [-0.39, 0.29) is 16.7 Å². The molecule has 2 aliphatic rings. The van der Waals surface area contributed by atoms with Crippen molar-refractivity contribution in [1.29, 1.82) is 0 Å². The lowest BCUT2D eigenvalue weighted by Crippen LogP contribution is -2.33. The smallest absolute Gasteiger partial charge is 0.486 e. The molecule has 4 rings (SSSR count). The molecular weight excluding hydrogens is 421 g/mol. The largest absolute Gasteiger partial charge is 0.573 e. The van der Waals surface area contributed by atoms with Crippen molar-refractivity contribution in [3.63, 3.8) is 0 Å². The SMILES string of the molecule is O=S(N[C@@H]1CCN(Cc2ccc3c(c2)OCCO3)C1)c1cccc(OC(F)(F)F)c1. The Morgan fingerprint density at radius 2 is 1.93 bits per heavy atom. The summed E-state index contributed by atoms with van der Waals surface area (Å²) in [4.78, 5) is 2.46. The first-order valence-electron chi connectivity index (χ1n) is 9.50. The fourth-order valence-corrected chi connectivity index (χ4v) is 4.58. The molecule has 0 saturated carbocycles. The van der Waals surface area contributed by atoms with Crippen LogP contribution in [-0.2, 0) is 17.5 Å². The highest BCUT2D eigenvalue weighted by atomic mass is 32.2. The van der Waals surface area contributed by atoms with Gasteiger partial charge in [-0.1, -0.05) is 12.1 Å². The summed E-state index contributed by atoms with van der Waals surface area (Å²) in [5, 5.41) is 0. The quantitative estimate of drug-likeness (QED) is 0.745. The predicted molar refractivity (Wildman–Crippen MR) is 104 cm³/mol. The average molecular weight is 442 g/mol. The highest BCUT2D eigenvalue weighted by molar-refractivity contribution is 7.83. The van der Waals surface area contributed by atoms with Crippen molar-refractivity contribution in [3.05, 3.63) is 48.0 Å². The molecule has 0 spiro atoms. The average Bonchev–Trinajstić information content (AvgIpc) is 3.13. The Bertz CT molecular complexity index is 925. The fraction of sp³-hybridized carbons (Fsp3) is 0.400. The number of ether oxygens (including phenoxy) is 3. The van der Waals surface area contributed by atoms with Crippen molar-refractivity contribution in [2.24, 2.45) is 0 Å². The standard InChI is InChI=1S/C20H21F3N2O4S/c21-20(22,23)29-16-2-1-3-17(11-16)30(26)24-15-6-7-25(13-15)12-14-4-5-18-19(10-14)28-9-8-27-18/h1-5,10-11,15,24H,6-9,12-13H2/t15-,30?/m1/s1. The lowest BCUT2D eigenvalue weighted by Gasteiger charge is -2.21. The van der Waals surface area contributed by atoms with Crippen LogP contribution in [0.2, 0.25) is 0 Å². The van der Waals surface area contributed by atoms with Crippen molar-refractivity contribution >= 4 is 11.0 Å². The molecule has 6 nitrogen and oxygen atoms in total. The lowest BCUT2D eigenvalue weighted by atomic mass is 10.2. The summed E-state index contributed by atoms with van der Waals surface area (Å²) in [7, 11) is -1.64. The molecule has 2 aromatic carbocycles. The van der Waals surface area contributed by atoms with E-state index >= 15 is 0 Å². The van der Waals surface area contributed by atoms with Crippen LogP contribution in [0.1, 0.15) is 12.0 Å². The van der Waals surface area contributed by atoms with E-state index in [1.807, 2.05) is 18.2 Å². The van der Waals surface area contributed by atoms with Crippen molar-refractivity contribution in [1.82, 2.24) is 9.62 Å². The van der Waals surface area contributed by atoms with E-state index in [2.05, 4.69) is 14.4 Å². The van der Waals surface area contributed by atoms with Crippen LogP contribution in [-0.4, -0.2) is 47.8 Å². The fourth-order valence-electron chi connectivity index (χ4n) is 3.52. The summed E-state index contributed by atoms with van der Waals surface area (Å²) in [6.45, 7) is 3.30. The van der Waals surface area contributed by atoms with Gasteiger partial charge in [0.05, 0.1) is 4.90 Å². The third-order valence-electron chi connectivity index (χ3n) is 4.81. The molecule has 10 heteroatoms. The molecule has 30 heavy (non-hydrogen) atoms. The van der Waals surface area contributed by atoms with E-state index in [9.17, 15) is 17.4 Å². The summed E-state index contributed by atoms with van der Waals surface area (Å²) in [5.41, 5.74) is 1.10. The second-order valence-corrected chi connectivity index (χ2v) is 8.35. The minimum Gasteiger partial charge on any atom is -0.486 e. The zero-order valence-electron chi connectivity index (χ0n) is 16.0. The Morgan fingerprint density at radius 3 is 2.73 bits per heavy atom. The number of likely N-dealkylation sites (tertiary alicyclic amines) is 1. The molecule has 2 aromatic rings. The number of benzene rings is 2. The topological polar surface area (TPSA) is 60.0 Å². The van der Waals surface area contributed by atoms with Gasteiger partial charge in [0.25, 0.3) is 0 Å². The maximum atomic E-state index is 12.6. The number of hydrogen-bond donors (Lipinski definition) is 1. The van der Waals surface area contributed by atoms with Crippen LogP contribution < -0.4 is 18.9 Å². The van der Waals surface area contributed by atoms with Gasteiger partial charge in [-0.05, 0) is 42.3 Å². The number of fused-ring (bicyclic) bond motifs is 1. The minimum absolute atomic E-state index is 0.0322. The minimum atomic E-state index is -4.78. The number of halogens is 3. The van der Waals surface area contributed by atoms with Gasteiger partial charge in [-0.25, -0.2) is 8.93 Å². The van der Waals surface area contributed by atoms with E-state index in [0.717, 1.165) is 42.6 Å². The van der Waals surface area contributed by atoms with Gasteiger partial charge in [-0.15, -0.1) is 13.2 Å². The van der Waals surface area contributed by atoms with Crippen LogP contribution in [0.5, 0.6) is 17.2 Å². The van der Waals surface area contributed by atoms with Crippen LogP contribution in [0.4, 0.5) is 13.2 Å². The van der Waals surface area contributed by atoms with Gasteiger partial charge in [0.2, 0.25) is 0 Å². The van der Waals surface area contributed by atoms with Gasteiger partial charge in [0.15, 0.2) is 11.5 Å². The Balaban J connectivity index is 1.32. The molecule has 2 heterocycles. The second-order valence-electron chi connectivity index (χ2n) is 7.11. The molecule has 2 aliphatic heterocycles. The molecule has 0 aromatic heterocycles. The van der Waals surface area contributed by atoms with Crippen molar-refractivity contribution in [2.75, 3.05) is 26.3 Å². The highest BCUT2D eigenvalue weighted by Gasteiger charge is 2.31. The lowest BCUT2D eigenvalue weighted by molar-refractivity contribution is -0.274. The zero-order valence-corrected chi connectivity index (χ0v) is 16.8. The van der Waals surface area contributed by atoms with Gasteiger partial charge < -0.3 is 14.2 Å². The van der Waals surface area contributed by atoms with Crippen LogP contribution in [0.25, 0.3) is 0 Å². The van der Waals surface area contributed by atoms with E-state index in [1.165, 1.54) is 18.2 Å². The molecule has 0 radical (unpaired) electrons. The number of hydrogen-bond acceptors (Lipinski definition) is 5. The summed E-state index contributed by atoms with van der Waals surface area (Å²) in [5.74, 6) is 1.11. The summed E-state index contributed by atoms with van der Waals surface area (Å²) in [6, 6.07) is 11.1. The summed E-state index contributed by atoms with van der Waals surface area (Å²) < 4.78 is 67.7. The van der Waals surface area contributed by atoms with Crippen molar-refractivity contribution in [3.8, 4) is 17.2 Å². The molecule has 1 fully saturated rings. The molecule has 2 atom stereocenters. The first-order chi connectivity index (χ1) is 14.4. The van der Waals surface area contributed by atoms with E-state index in [1.54, 1.807) is 0 Å². The highest BCUT2D eigenvalue weighted by Crippen LogP contribution is 2.31. The van der Waals surface area contributed by atoms with Gasteiger partial charge in [-0.3, -0.25) is 4.90 Å². The Morgan fingerprint density at radius 1 is 1.13 bits per heavy atom. The predicted octanol–water partition coefficient (Wildman–Crippen LogP) is 3.24. The van der Waals surface area contributed by atoms with Gasteiger partial charge >= 0.3 is 6.36 Å². The third-order valence-corrected chi connectivity index (χ3v) is 6.04. The van der Waals surface area contributed by atoms with Crippen molar-refractivity contribution in [2.45, 2.75) is 30.3 Å². The molecule has 0 aliphatic carbocycles. The molecule has 0 bridgehead atoms. The first-order valence-corrected chi connectivity index (χ1v) is 10.7. The maximum absolute atomic E-state index is 12.6. The molecule has 1 saturated heterocycles. The molecular formula is C20H21F3N2O4S. The molecule has 0 amide bonds. The van der Waals surface area contributed by atoms with E-state index < -0.39 is 17.3 Å². The summed E-state index contributed by atoms with van der Waals surface area (Å²) >= 11 is 0. The monoisotopic (exact) mass is 442 g/mol. The number of alkyl halides is 3. The van der Waals surface area contributed by atoms with E-state index in [4.69, 9.17) is 9.47 Å². The van der Waals surface area contributed by atoms with Crippen LogP contribution >= 0.6 is 0 Å². The normalized spacial score (nSPS) is 20.2. The number of nitrogens with zero attached hydrogens (tertiary/aromatic N) is 1. The first kappa shape index (κ1) is 21.0. The van der Waals surface area contributed by atoms with Gasteiger partial charge in [-0.2, -0.15) is 0 Å². The third kappa shape index (κ3) is 5.44. The molecule has 1 unspecified atom stereocenters. The number of nitrogens with one attached hydrogen (secondary N) is 1. The molecule has 1 N–H and O–H groups in total. The molecule has 162 valence electrons. The van der Waals surface area contributed by atoms with Gasteiger partial charge in [0.1, 0.15) is 29.9 Å². The summed E-state index contributed by atoms with van der Waals surface area (Å²) in [6.07, 6.45) is -4.00. The maximum Gasteiger partial charge on any atom is 0.573 e. The van der Waals surface area contributed by atoms with E-state index in [0.29, 0.717) is 19.8 Å². The van der Waals surface area contributed by atoms with Gasteiger partial charge in [0, 0.05) is 25.7 Å².